The maximum absolute atomic E-state index is 13.4. The Bertz CT molecular complexity index is 468. The number of carbonyl (C=O) groups excluding carboxylic acids is 1. The molecule has 1 aromatic carbocycles. The van der Waals surface area contributed by atoms with Gasteiger partial charge >= 0.3 is 12.0 Å². The van der Waals surface area contributed by atoms with Gasteiger partial charge in [-0.25, -0.2) is 9.18 Å². The van der Waals surface area contributed by atoms with Gasteiger partial charge in [0.25, 0.3) is 0 Å². The Hall–Kier alpha value is -1.63. The number of hydrogen-bond donors (Lipinski definition) is 2. The summed E-state index contributed by atoms with van der Waals surface area (Å²) in [5.74, 6) is -1.55. The molecule has 0 fully saturated rings. The van der Waals surface area contributed by atoms with E-state index in [1.54, 1.807) is 0 Å². The molecule has 0 unspecified atom stereocenters. The monoisotopic (exact) mass is 318 g/mol. The molecule has 2 N–H and O–H groups in total. The molecule has 5 nitrogen and oxygen atoms in total. The van der Waals surface area contributed by atoms with Crippen molar-refractivity contribution in [1.82, 2.24) is 4.90 Å². The van der Waals surface area contributed by atoms with Gasteiger partial charge in [0.15, 0.2) is 0 Å². The zero-order chi connectivity index (χ0) is 13.7. The van der Waals surface area contributed by atoms with Crippen molar-refractivity contribution >= 4 is 33.6 Å². The number of nitrogens with zero attached hydrogens (tertiary/aromatic N) is 1. The highest BCUT2D eigenvalue weighted by molar-refractivity contribution is 9.10. The van der Waals surface area contributed by atoms with Crippen molar-refractivity contribution in [1.29, 1.82) is 0 Å². The molecule has 0 aliphatic rings. The van der Waals surface area contributed by atoms with Crippen molar-refractivity contribution in [2.45, 2.75) is 6.42 Å². The molecule has 0 atom stereocenters. The molecule has 18 heavy (non-hydrogen) atoms. The van der Waals surface area contributed by atoms with Crippen LogP contribution in [0.1, 0.15) is 6.42 Å². The Labute approximate surface area is 112 Å². The molecule has 0 aliphatic carbocycles. The predicted molar refractivity (Wildman–Crippen MR) is 68.0 cm³/mol. The van der Waals surface area contributed by atoms with E-state index in [1.807, 2.05) is 0 Å². The van der Waals surface area contributed by atoms with Crippen molar-refractivity contribution in [2.24, 2.45) is 0 Å². The molecule has 0 bridgehead atoms. The standard InChI is InChI=1S/C11H12BrFN2O3/c1-15(5-4-10(16)17)11(18)14-9-6-7(12)2-3-8(9)13/h2-3,6H,4-5H2,1H3,(H,14,18)(H,16,17). The Kier molecular flexibility index (Phi) is 5.08. The zero-order valence-electron chi connectivity index (χ0n) is 9.61. The first-order valence-electron chi connectivity index (χ1n) is 5.09. The van der Waals surface area contributed by atoms with Crippen LogP contribution in [0, 0.1) is 5.82 Å². The molecule has 0 heterocycles. The number of carbonyl (C=O) groups is 2. The molecule has 1 aromatic rings. The highest BCUT2D eigenvalue weighted by Crippen LogP contribution is 2.20. The fourth-order valence-electron chi connectivity index (χ4n) is 1.17. The number of amides is 2. The number of benzene rings is 1. The second kappa shape index (κ2) is 6.34. The average Bonchev–Trinajstić information content (AvgIpc) is 2.30. The number of halogens is 2. The minimum absolute atomic E-state index is 0.0385. The predicted octanol–water partition coefficient (Wildman–Crippen LogP) is 2.53. The SMILES string of the molecule is CN(CCC(=O)O)C(=O)Nc1cc(Br)ccc1F. The fraction of sp³-hybridized carbons (Fsp3) is 0.273. The van der Waals surface area contributed by atoms with Gasteiger partial charge in [-0.15, -0.1) is 0 Å². The number of carboxylic acid groups (broad SMARTS) is 1. The van der Waals surface area contributed by atoms with Crippen molar-refractivity contribution in [3.05, 3.63) is 28.5 Å². The number of hydrogen-bond acceptors (Lipinski definition) is 2. The summed E-state index contributed by atoms with van der Waals surface area (Å²) in [5, 5.41) is 10.9. The topological polar surface area (TPSA) is 69.6 Å². The lowest BCUT2D eigenvalue weighted by Crippen LogP contribution is -2.33. The van der Waals surface area contributed by atoms with Crippen LogP contribution in [0.15, 0.2) is 22.7 Å². The first kappa shape index (κ1) is 14.4. The highest BCUT2D eigenvalue weighted by Gasteiger charge is 2.12. The number of rotatable bonds is 4. The molecule has 0 radical (unpaired) electrons. The summed E-state index contributed by atoms with van der Waals surface area (Å²) in [5.41, 5.74) is 0.0385. The summed E-state index contributed by atoms with van der Waals surface area (Å²) in [4.78, 5) is 23.2. The Morgan fingerprint density at radius 2 is 2.17 bits per heavy atom. The maximum atomic E-state index is 13.4. The minimum atomic E-state index is -0.997. The van der Waals surface area contributed by atoms with E-state index >= 15 is 0 Å². The second-order valence-corrected chi connectivity index (χ2v) is 4.54. The van der Waals surface area contributed by atoms with Crippen molar-refractivity contribution in [3.63, 3.8) is 0 Å². The summed E-state index contributed by atoms with van der Waals surface area (Å²) < 4.78 is 14.0. The molecular formula is C11H12BrFN2O3. The van der Waals surface area contributed by atoms with Gasteiger partial charge in [0, 0.05) is 18.1 Å². The Morgan fingerprint density at radius 3 is 2.78 bits per heavy atom. The normalized spacial score (nSPS) is 9.94. The van der Waals surface area contributed by atoms with Crippen LogP contribution in [0.25, 0.3) is 0 Å². The minimum Gasteiger partial charge on any atom is -0.481 e. The molecule has 98 valence electrons. The third-order valence-electron chi connectivity index (χ3n) is 2.18. The van der Waals surface area contributed by atoms with Gasteiger partial charge in [-0.05, 0) is 18.2 Å². The molecule has 0 aliphatic heterocycles. The Morgan fingerprint density at radius 1 is 1.50 bits per heavy atom. The lowest BCUT2D eigenvalue weighted by atomic mass is 10.3. The van der Waals surface area contributed by atoms with Crippen LogP contribution >= 0.6 is 15.9 Å². The van der Waals surface area contributed by atoms with Gasteiger partial charge in [0.2, 0.25) is 0 Å². The lowest BCUT2D eigenvalue weighted by molar-refractivity contribution is -0.137. The Balaban J connectivity index is 2.63. The summed E-state index contributed by atoms with van der Waals surface area (Å²) >= 11 is 3.16. The van der Waals surface area contributed by atoms with E-state index in [4.69, 9.17) is 5.11 Å². The largest absolute Gasteiger partial charge is 0.481 e. The van der Waals surface area contributed by atoms with Gasteiger partial charge in [0.1, 0.15) is 5.82 Å². The van der Waals surface area contributed by atoms with Crippen LogP contribution in [-0.2, 0) is 4.79 Å². The molecule has 0 aromatic heterocycles. The molecule has 7 heteroatoms. The zero-order valence-corrected chi connectivity index (χ0v) is 11.2. The molecule has 0 spiro atoms. The third kappa shape index (κ3) is 4.33. The van der Waals surface area contributed by atoms with Crippen molar-refractivity contribution in [2.75, 3.05) is 18.9 Å². The van der Waals surface area contributed by atoms with Gasteiger partial charge in [0.05, 0.1) is 12.1 Å². The number of aliphatic carboxylic acids is 1. The van der Waals surface area contributed by atoms with Crippen LogP contribution in [0.4, 0.5) is 14.9 Å². The van der Waals surface area contributed by atoms with Crippen LogP contribution in [0.5, 0.6) is 0 Å². The van der Waals surface area contributed by atoms with E-state index < -0.39 is 17.8 Å². The highest BCUT2D eigenvalue weighted by atomic mass is 79.9. The molecule has 0 saturated heterocycles. The average molecular weight is 319 g/mol. The quantitative estimate of drug-likeness (QED) is 0.896. The van der Waals surface area contributed by atoms with Crippen LogP contribution in [0.3, 0.4) is 0 Å². The van der Waals surface area contributed by atoms with E-state index in [1.165, 1.54) is 30.1 Å². The number of carboxylic acids is 1. The number of anilines is 1. The van der Waals surface area contributed by atoms with E-state index in [-0.39, 0.29) is 18.7 Å². The molecular weight excluding hydrogens is 307 g/mol. The number of urea groups is 1. The van der Waals surface area contributed by atoms with Gasteiger partial charge < -0.3 is 15.3 Å². The molecule has 1 rings (SSSR count). The summed E-state index contributed by atoms with van der Waals surface area (Å²) in [6.45, 7) is 0.0524. The molecule has 0 saturated carbocycles. The first-order chi connectivity index (χ1) is 8.40. The summed E-state index contributed by atoms with van der Waals surface area (Å²) in [6, 6.07) is 3.60. The molecule has 2 amide bonds. The fourth-order valence-corrected chi connectivity index (χ4v) is 1.53. The van der Waals surface area contributed by atoms with E-state index in [9.17, 15) is 14.0 Å². The van der Waals surface area contributed by atoms with Crippen molar-refractivity contribution in [3.8, 4) is 0 Å². The summed E-state index contributed by atoms with van der Waals surface area (Å²) in [6.07, 6.45) is -0.162. The third-order valence-corrected chi connectivity index (χ3v) is 2.67. The van der Waals surface area contributed by atoms with Gasteiger partial charge in [-0.1, -0.05) is 15.9 Å². The first-order valence-corrected chi connectivity index (χ1v) is 5.88. The second-order valence-electron chi connectivity index (χ2n) is 3.62. The van der Waals surface area contributed by atoms with Gasteiger partial charge in [-0.3, -0.25) is 4.79 Å². The van der Waals surface area contributed by atoms with Crippen LogP contribution in [0.2, 0.25) is 0 Å². The lowest BCUT2D eigenvalue weighted by Gasteiger charge is -2.17. The van der Waals surface area contributed by atoms with E-state index in [0.29, 0.717) is 4.47 Å². The smallest absolute Gasteiger partial charge is 0.321 e. The number of nitrogens with one attached hydrogen (secondary N) is 1. The van der Waals surface area contributed by atoms with Crippen LogP contribution in [-0.4, -0.2) is 35.6 Å². The van der Waals surface area contributed by atoms with E-state index in [0.717, 1.165) is 0 Å². The van der Waals surface area contributed by atoms with Gasteiger partial charge in [-0.2, -0.15) is 0 Å². The summed E-state index contributed by atoms with van der Waals surface area (Å²) in [7, 11) is 1.44. The maximum Gasteiger partial charge on any atom is 0.321 e. The van der Waals surface area contributed by atoms with Crippen LogP contribution < -0.4 is 5.32 Å². The van der Waals surface area contributed by atoms with Crippen molar-refractivity contribution < 1.29 is 19.1 Å². The van der Waals surface area contributed by atoms with E-state index in [2.05, 4.69) is 21.2 Å².